The molecule has 2 amide bonds. The van der Waals surface area contributed by atoms with E-state index in [4.69, 9.17) is 44.3 Å². The summed E-state index contributed by atoms with van der Waals surface area (Å²) in [6.07, 6.45) is 5.08. The number of rotatable bonds is 10. The van der Waals surface area contributed by atoms with Crippen molar-refractivity contribution in [3.8, 4) is 29.1 Å². The molecule has 0 saturated heterocycles. The van der Waals surface area contributed by atoms with Gasteiger partial charge in [-0.05, 0) is 90.5 Å². The van der Waals surface area contributed by atoms with E-state index in [0.29, 0.717) is 78.2 Å². The van der Waals surface area contributed by atoms with Gasteiger partial charge in [-0.1, -0.05) is 40.9 Å². The molecule has 0 aliphatic rings. The number of ether oxygens (including phenoxy) is 2. The van der Waals surface area contributed by atoms with Crippen LogP contribution in [0.3, 0.4) is 0 Å². The Morgan fingerprint density at radius 1 is 0.660 bits per heavy atom. The van der Waals surface area contributed by atoms with Crippen LogP contribution in [-0.4, -0.2) is 21.8 Å². The van der Waals surface area contributed by atoms with Gasteiger partial charge in [-0.2, -0.15) is 5.26 Å². The number of nitriles is 1. The van der Waals surface area contributed by atoms with Crippen LogP contribution < -0.4 is 20.1 Å². The van der Waals surface area contributed by atoms with Crippen molar-refractivity contribution in [2.45, 2.75) is 6.42 Å². The van der Waals surface area contributed by atoms with Gasteiger partial charge in [0.2, 0.25) is 0 Å². The van der Waals surface area contributed by atoms with Gasteiger partial charge in [-0.15, -0.1) is 0 Å². The number of carbonyl (C=O) groups excluding carboxylic acids is 2. The van der Waals surface area contributed by atoms with Crippen LogP contribution in [0.1, 0.15) is 37.5 Å². The average molecular weight is 721 g/mol. The summed E-state index contributed by atoms with van der Waals surface area (Å²) in [6, 6.07) is 30.3. The zero-order valence-electron chi connectivity index (χ0n) is 25.9. The molecule has 2 N–H and O–H groups in total. The van der Waals surface area contributed by atoms with Crippen LogP contribution >= 0.6 is 34.8 Å². The van der Waals surface area contributed by atoms with Gasteiger partial charge < -0.3 is 20.1 Å². The molecule has 50 heavy (non-hydrogen) atoms. The molecule has 246 valence electrons. The first-order valence-corrected chi connectivity index (χ1v) is 16.1. The van der Waals surface area contributed by atoms with Gasteiger partial charge in [-0.25, -0.2) is 0 Å². The third kappa shape index (κ3) is 9.15. The highest BCUT2D eigenvalue weighted by atomic mass is 35.5. The Bertz CT molecular complexity index is 2240. The SMILES string of the molecule is N#Cc1cc(Cc2ccc(Oc3cc(Cl)cc(NC(=O)c4cccc(Cl)c4)c3)cn2)cc(C(=O)Nc2cc(Cl)cc(Oc3cccnc3)c2)c1. The number of carbonyl (C=O) groups is 2. The first kappa shape index (κ1) is 34.0. The van der Waals surface area contributed by atoms with Gasteiger partial charge in [0.15, 0.2) is 0 Å². The lowest BCUT2D eigenvalue weighted by atomic mass is 10.0. The predicted octanol–water partition coefficient (Wildman–Crippen LogP) is 9.99. The van der Waals surface area contributed by atoms with E-state index in [2.05, 4.69) is 26.7 Å². The Labute approximate surface area is 302 Å². The van der Waals surface area contributed by atoms with Crippen LogP contribution in [0.4, 0.5) is 11.4 Å². The fraction of sp³-hybridized carbons (Fsp3) is 0.0263. The van der Waals surface area contributed by atoms with Gasteiger partial charge in [0.25, 0.3) is 11.8 Å². The summed E-state index contributed by atoms with van der Waals surface area (Å²) in [5.74, 6) is 0.976. The molecule has 6 rings (SSSR count). The van der Waals surface area contributed by atoms with Crippen LogP contribution in [0.25, 0.3) is 0 Å². The zero-order chi connectivity index (χ0) is 35.0. The highest BCUT2D eigenvalue weighted by molar-refractivity contribution is 6.32. The molecule has 2 heterocycles. The number of anilines is 2. The molecule has 0 saturated carbocycles. The number of halogens is 3. The second-order valence-corrected chi connectivity index (χ2v) is 12.2. The van der Waals surface area contributed by atoms with E-state index < -0.39 is 5.91 Å². The Hall–Kier alpha value is -5.92. The number of hydrogen-bond acceptors (Lipinski definition) is 7. The summed E-state index contributed by atoms with van der Waals surface area (Å²) < 4.78 is 11.8. The summed E-state index contributed by atoms with van der Waals surface area (Å²) in [7, 11) is 0. The minimum absolute atomic E-state index is 0.285. The average Bonchev–Trinajstić information content (AvgIpc) is 3.09. The van der Waals surface area contributed by atoms with Crippen molar-refractivity contribution >= 4 is 58.0 Å². The van der Waals surface area contributed by atoms with Crippen molar-refractivity contribution < 1.29 is 19.1 Å². The molecule has 0 aliphatic heterocycles. The standard InChI is InChI=1S/C38H24Cl3N5O4/c39-27-4-1-3-25(13-27)37(47)45-31-14-28(40)17-36(18-31)50-34-7-6-30(44-22-34)12-23-9-24(20-42)11-26(10-23)38(48)46-32-15-29(41)16-35(19-32)49-33-5-2-8-43-21-33/h1-11,13-19,21-22H,12H2,(H,45,47)(H,46,48). The maximum absolute atomic E-state index is 13.3. The molecule has 0 radical (unpaired) electrons. The largest absolute Gasteiger partial charge is 0.456 e. The van der Waals surface area contributed by atoms with Crippen LogP contribution in [0.2, 0.25) is 15.1 Å². The molecule has 0 fully saturated rings. The van der Waals surface area contributed by atoms with E-state index in [0.717, 1.165) is 0 Å². The fourth-order valence-corrected chi connectivity index (χ4v) is 5.52. The van der Waals surface area contributed by atoms with E-state index >= 15 is 0 Å². The van der Waals surface area contributed by atoms with Crippen LogP contribution in [-0.2, 0) is 6.42 Å². The number of amides is 2. The van der Waals surface area contributed by atoms with E-state index in [9.17, 15) is 14.9 Å². The van der Waals surface area contributed by atoms with Gasteiger partial charge in [0.1, 0.15) is 23.0 Å². The lowest BCUT2D eigenvalue weighted by Gasteiger charge is -2.12. The van der Waals surface area contributed by atoms with Crippen LogP contribution in [0.15, 0.2) is 122 Å². The van der Waals surface area contributed by atoms with Gasteiger partial charge in [0, 0.05) is 68.0 Å². The van der Waals surface area contributed by atoms with E-state index in [1.807, 2.05) is 0 Å². The first-order valence-electron chi connectivity index (χ1n) is 14.9. The maximum atomic E-state index is 13.3. The molecule has 6 aromatic rings. The van der Waals surface area contributed by atoms with E-state index in [1.165, 1.54) is 6.07 Å². The third-order valence-corrected chi connectivity index (χ3v) is 7.69. The van der Waals surface area contributed by atoms with Gasteiger partial charge >= 0.3 is 0 Å². The normalized spacial score (nSPS) is 10.5. The number of nitrogens with one attached hydrogen (secondary N) is 2. The lowest BCUT2D eigenvalue weighted by Crippen LogP contribution is -2.13. The monoisotopic (exact) mass is 719 g/mol. The van der Waals surface area contributed by atoms with Crippen molar-refractivity contribution in [3.05, 3.63) is 165 Å². The van der Waals surface area contributed by atoms with Crippen LogP contribution in [0, 0.1) is 11.3 Å². The molecule has 0 unspecified atom stereocenters. The minimum Gasteiger partial charge on any atom is -0.456 e. The second kappa shape index (κ2) is 15.5. The predicted molar refractivity (Wildman–Crippen MR) is 193 cm³/mol. The van der Waals surface area contributed by atoms with Gasteiger partial charge in [0.05, 0.1) is 24.0 Å². The highest BCUT2D eigenvalue weighted by Crippen LogP contribution is 2.30. The molecule has 9 nitrogen and oxygen atoms in total. The topological polar surface area (TPSA) is 126 Å². The molecule has 12 heteroatoms. The zero-order valence-corrected chi connectivity index (χ0v) is 28.1. The summed E-state index contributed by atoms with van der Waals surface area (Å²) in [5, 5.41) is 16.5. The molecule has 0 bridgehead atoms. The summed E-state index contributed by atoms with van der Waals surface area (Å²) >= 11 is 18.6. The van der Waals surface area contributed by atoms with E-state index in [1.54, 1.807) is 116 Å². The number of pyridine rings is 2. The molecule has 0 atom stereocenters. The molecular formula is C38H24Cl3N5O4. The smallest absolute Gasteiger partial charge is 0.255 e. The second-order valence-electron chi connectivity index (χ2n) is 10.9. The Morgan fingerprint density at radius 2 is 1.34 bits per heavy atom. The number of nitrogens with zero attached hydrogens (tertiary/aromatic N) is 3. The maximum Gasteiger partial charge on any atom is 0.255 e. The fourth-order valence-electron chi connectivity index (χ4n) is 4.88. The molecule has 0 aliphatic carbocycles. The molecular weight excluding hydrogens is 697 g/mol. The summed E-state index contributed by atoms with van der Waals surface area (Å²) in [5.41, 5.74) is 3.23. The van der Waals surface area contributed by atoms with Crippen molar-refractivity contribution in [1.82, 2.24) is 9.97 Å². The molecule has 2 aromatic heterocycles. The van der Waals surface area contributed by atoms with Crippen LogP contribution in [0.5, 0.6) is 23.0 Å². The quantitative estimate of drug-likeness (QED) is 0.144. The highest BCUT2D eigenvalue weighted by Gasteiger charge is 2.13. The number of aromatic nitrogens is 2. The Morgan fingerprint density at radius 3 is 1.94 bits per heavy atom. The van der Waals surface area contributed by atoms with Crippen molar-refractivity contribution in [1.29, 1.82) is 5.26 Å². The number of hydrogen-bond donors (Lipinski definition) is 2. The lowest BCUT2D eigenvalue weighted by molar-refractivity contribution is 0.101. The first-order chi connectivity index (χ1) is 24.2. The van der Waals surface area contributed by atoms with Crippen molar-refractivity contribution in [2.24, 2.45) is 0 Å². The van der Waals surface area contributed by atoms with Gasteiger partial charge in [-0.3, -0.25) is 19.6 Å². The molecule has 4 aromatic carbocycles. The van der Waals surface area contributed by atoms with Crippen molar-refractivity contribution in [2.75, 3.05) is 10.6 Å². The van der Waals surface area contributed by atoms with Crippen molar-refractivity contribution in [3.63, 3.8) is 0 Å². The number of benzene rings is 4. The summed E-state index contributed by atoms with van der Waals surface area (Å²) in [6.45, 7) is 0. The Kier molecular flexibility index (Phi) is 10.6. The molecule has 0 spiro atoms. The van der Waals surface area contributed by atoms with E-state index in [-0.39, 0.29) is 11.5 Å². The minimum atomic E-state index is -0.431. The third-order valence-electron chi connectivity index (χ3n) is 7.02. The Balaban J connectivity index is 1.12. The summed E-state index contributed by atoms with van der Waals surface area (Å²) in [4.78, 5) is 34.5.